The third-order valence-electron chi connectivity index (χ3n) is 4.52. The zero-order chi connectivity index (χ0) is 11.4. The molecule has 1 aliphatic heterocycles. The molecule has 2 unspecified atom stereocenters. The van der Waals surface area contributed by atoms with Crippen LogP contribution in [0.4, 0.5) is 0 Å². The van der Waals surface area contributed by atoms with Crippen LogP contribution in [-0.2, 0) is 0 Å². The fourth-order valence-corrected chi connectivity index (χ4v) is 3.84. The minimum Gasteiger partial charge on any atom is -0.295 e. The minimum absolute atomic E-state index is 0.377. The quantitative estimate of drug-likeness (QED) is 0.590. The second kappa shape index (κ2) is 3.23. The van der Waals surface area contributed by atoms with Crippen LogP contribution in [0.2, 0.25) is 0 Å². The van der Waals surface area contributed by atoms with Crippen molar-refractivity contribution in [2.75, 3.05) is 6.54 Å². The van der Waals surface area contributed by atoms with Crippen LogP contribution in [0.1, 0.15) is 54.4 Å². The lowest BCUT2D eigenvalue weighted by atomic mass is 9.73. The van der Waals surface area contributed by atoms with Gasteiger partial charge >= 0.3 is 0 Å². The second-order valence-corrected chi connectivity index (χ2v) is 7.68. The molecular formula is C14H27N. The minimum atomic E-state index is 0.377. The van der Waals surface area contributed by atoms with Crippen LogP contribution in [0.5, 0.6) is 0 Å². The first kappa shape index (κ1) is 11.4. The predicted molar refractivity (Wildman–Crippen MR) is 65.9 cm³/mol. The van der Waals surface area contributed by atoms with Gasteiger partial charge in [-0.3, -0.25) is 4.90 Å². The lowest BCUT2D eigenvalue weighted by Gasteiger charge is -2.44. The highest BCUT2D eigenvalue weighted by Crippen LogP contribution is 2.51. The highest BCUT2D eigenvalue weighted by Gasteiger charge is 2.50. The number of rotatable bonds is 0. The van der Waals surface area contributed by atoms with Crippen LogP contribution < -0.4 is 0 Å². The van der Waals surface area contributed by atoms with E-state index in [0.717, 1.165) is 17.9 Å². The van der Waals surface area contributed by atoms with Crippen LogP contribution in [0.25, 0.3) is 0 Å². The maximum Gasteiger partial charge on any atom is 0.0128 e. The van der Waals surface area contributed by atoms with Crippen molar-refractivity contribution >= 4 is 0 Å². The Morgan fingerprint density at radius 3 is 1.87 bits per heavy atom. The van der Waals surface area contributed by atoms with Crippen molar-refractivity contribution in [2.45, 2.75) is 66.0 Å². The van der Waals surface area contributed by atoms with Crippen molar-refractivity contribution < 1.29 is 0 Å². The van der Waals surface area contributed by atoms with Crippen LogP contribution in [0.15, 0.2) is 0 Å². The van der Waals surface area contributed by atoms with Gasteiger partial charge in [-0.15, -0.1) is 0 Å². The van der Waals surface area contributed by atoms with E-state index in [1.807, 2.05) is 0 Å². The highest BCUT2D eigenvalue weighted by molar-refractivity contribution is 5.03. The van der Waals surface area contributed by atoms with E-state index in [-0.39, 0.29) is 0 Å². The van der Waals surface area contributed by atoms with Gasteiger partial charge in [-0.05, 0) is 50.9 Å². The Morgan fingerprint density at radius 1 is 0.933 bits per heavy atom. The molecule has 2 bridgehead atoms. The molecule has 1 aliphatic carbocycles. The summed E-state index contributed by atoms with van der Waals surface area (Å²) in [4.78, 5) is 2.74. The van der Waals surface area contributed by atoms with Gasteiger partial charge in [-0.1, -0.05) is 20.8 Å². The van der Waals surface area contributed by atoms with E-state index < -0.39 is 0 Å². The lowest BCUT2D eigenvalue weighted by molar-refractivity contribution is 0.0462. The highest BCUT2D eigenvalue weighted by atomic mass is 15.2. The zero-order valence-electron chi connectivity index (χ0n) is 11.3. The molecule has 2 fully saturated rings. The number of likely N-dealkylation sites (tertiary alicyclic amines) is 1. The molecule has 0 aromatic carbocycles. The number of hydrogen-bond donors (Lipinski definition) is 0. The van der Waals surface area contributed by atoms with Crippen molar-refractivity contribution in [1.82, 2.24) is 4.90 Å². The summed E-state index contributed by atoms with van der Waals surface area (Å²) in [5, 5.41) is 0. The summed E-state index contributed by atoms with van der Waals surface area (Å²) in [7, 11) is 0. The first-order valence-corrected chi connectivity index (χ1v) is 6.46. The molecule has 88 valence electrons. The molecular weight excluding hydrogens is 182 g/mol. The Labute approximate surface area is 95.2 Å². The molecule has 1 nitrogen and oxygen atoms in total. The molecule has 3 atom stereocenters. The maximum absolute atomic E-state index is 2.74. The maximum atomic E-state index is 2.74. The Balaban J connectivity index is 2.07. The molecule has 1 heteroatoms. The van der Waals surface area contributed by atoms with Gasteiger partial charge in [-0.2, -0.15) is 0 Å². The van der Waals surface area contributed by atoms with Crippen molar-refractivity contribution in [3.8, 4) is 0 Å². The molecule has 0 N–H and O–H groups in total. The van der Waals surface area contributed by atoms with Gasteiger partial charge < -0.3 is 0 Å². The molecule has 0 amide bonds. The largest absolute Gasteiger partial charge is 0.295 e. The molecule has 1 heterocycles. The van der Waals surface area contributed by atoms with E-state index in [1.165, 1.54) is 19.4 Å². The average molecular weight is 209 g/mol. The van der Waals surface area contributed by atoms with Crippen LogP contribution in [0.3, 0.4) is 0 Å². The Kier molecular flexibility index (Phi) is 2.46. The fraction of sp³-hybridized carbons (Fsp3) is 1.00. The molecule has 1 saturated heterocycles. The summed E-state index contributed by atoms with van der Waals surface area (Å²) < 4.78 is 0. The second-order valence-electron chi connectivity index (χ2n) is 7.68. The molecule has 0 spiro atoms. The number of nitrogens with zero attached hydrogens (tertiary/aromatic N) is 1. The third-order valence-corrected chi connectivity index (χ3v) is 4.52. The van der Waals surface area contributed by atoms with Gasteiger partial charge in [0, 0.05) is 18.1 Å². The normalized spacial score (nSPS) is 37.6. The number of piperidine rings is 1. The third kappa shape index (κ3) is 1.95. The van der Waals surface area contributed by atoms with E-state index in [9.17, 15) is 0 Å². The topological polar surface area (TPSA) is 3.24 Å². The molecule has 2 rings (SSSR count). The van der Waals surface area contributed by atoms with Crippen LogP contribution in [0, 0.1) is 17.3 Å². The molecule has 2 aliphatic rings. The van der Waals surface area contributed by atoms with E-state index in [1.54, 1.807) is 0 Å². The summed E-state index contributed by atoms with van der Waals surface area (Å²) in [6.45, 7) is 15.7. The summed E-state index contributed by atoms with van der Waals surface area (Å²) in [5.74, 6) is 1.93. The number of hydrogen-bond acceptors (Lipinski definition) is 1. The Morgan fingerprint density at radius 2 is 1.53 bits per heavy atom. The SMILES string of the molecule is CC(C)(C)C1C[C@@H]2CC1CN2C(C)(C)C. The van der Waals surface area contributed by atoms with E-state index in [2.05, 4.69) is 46.4 Å². The first-order chi connectivity index (χ1) is 6.69. The van der Waals surface area contributed by atoms with Gasteiger partial charge in [0.25, 0.3) is 0 Å². The van der Waals surface area contributed by atoms with Crippen molar-refractivity contribution in [3.05, 3.63) is 0 Å². The van der Waals surface area contributed by atoms with Crippen molar-refractivity contribution in [3.63, 3.8) is 0 Å². The lowest BCUT2D eigenvalue weighted by Crippen LogP contribution is -2.48. The van der Waals surface area contributed by atoms with E-state index in [4.69, 9.17) is 0 Å². The van der Waals surface area contributed by atoms with Gasteiger partial charge in [0.1, 0.15) is 0 Å². The average Bonchev–Trinajstić information content (AvgIpc) is 2.57. The monoisotopic (exact) mass is 209 g/mol. The Bertz CT molecular complexity index is 217. The van der Waals surface area contributed by atoms with Gasteiger partial charge in [-0.25, -0.2) is 0 Å². The molecule has 0 radical (unpaired) electrons. The molecule has 0 aromatic rings. The van der Waals surface area contributed by atoms with Crippen molar-refractivity contribution in [1.29, 1.82) is 0 Å². The predicted octanol–water partition coefficient (Wildman–Crippen LogP) is 3.54. The van der Waals surface area contributed by atoms with Gasteiger partial charge in [0.2, 0.25) is 0 Å². The Hall–Kier alpha value is -0.0400. The van der Waals surface area contributed by atoms with Crippen LogP contribution in [-0.4, -0.2) is 23.0 Å². The summed E-state index contributed by atoms with van der Waals surface area (Å²) in [5.41, 5.74) is 0.895. The first-order valence-electron chi connectivity index (χ1n) is 6.46. The fourth-order valence-electron chi connectivity index (χ4n) is 3.84. The summed E-state index contributed by atoms with van der Waals surface area (Å²) in [6.07, 6.45) is 2.89. The summed E-state index contributed by atoms with van der Waals surface area (Å²) >= 11 is 0. The molecule has 15 heavy (non-hydrogen) atoms. The number of fused-ring (bicyclic) bond motifs is 2. The van der Waals surface area contributed by atoms with E-state index >= 15 is 0 Å². The standard InChI is InChI=1S/C14H27N/c1-13(2,3)12-8-11-7-10(12)9-15(11)14(4,5)6/h10-12H,7-9H2,1-6H3/t10?,11-,12?/m0/s1. The summed E-state index contributed by atoms with van der Waals surface area (Å²) in [6, 6.07) is 0.874. The molecule has 0 aromatic heterocycles. The smallest absolute Gasteiger partial charge is 0.0128 e. The van der Waals surface area contributed by atoms with Gasteiger partial charge in [0.15, 0.2) is 0 Å². The molecule has 1 saturated carbocycles. The van der Waals surface area contributed by atoms with Crippen molar-refractivity contribution in [2.24, 2.45) is 17.3 Å². The zero-order valence-corrected chi connectivity index (χ0v) is 11.3. The van der Waals surface area contributed by atoms with Crippen LogP contribution >= 0.6 is 0 Å². The van der Waals surface area contributed by atoms with E-state index in [0.29, 0.717) is 11.0 Å². The van der Waals surface area contributed by atoms with Gasteiger partial charge in [0.05, 0.1) is 0 Å².